The van der Waals surface area contributed by atoms with Gasteiger partial charge in [0.1, 0.15) is 0 Å². The van der Waals surface area contributed by atoms with E-state index in [1.54, 1.807) is 12.1 Å². The number of aliphatic hydroxyl groups excluding tert-OH is 1. The van der Waals surface area contributed by atoms with E-state index in [0.717, 1.165) is 16.7 Å². The van der Waals surface area contributed by atoms with Crippen molar-refractivity contribution in [3.8, 4) is 28.7 Å². The number of hydrogen-bond donors (Lipinski definition) is 2. The molecule has 2 aliphatic heterocycles. The molecular weight excluding hydrogens is 470 g/mol. The molecule has 0 bridgehead atoms. The van der Waals surface area contributed by atoms with Crippen LogP contribution in [0.1, 0.15) is 28.7 Å². The molecular formula is C26H31NO9. The van der Waals surface area contributed by atoms with E-state index in [1.807, 2.05) is 24.1 Å². The third-order valence-electron chi connectivity index (χ3n) is 7.23. The van der Waals surface area contributed by atoms with Gasteiger partial charge in [-0.15, -0.1) is 0 Å². The van der Waals surface area contributed by atoms with E-state index in [0.29, 0.717) is 31.2 Å². The maximum atomic E-state index is 13.1. The van der Waals surface area contributed by atoms with Gasteiger partial charge in [-0.2, -0.15) is 0 Å². The average molecular weight is 502 g/mol. The van der Waals surface area contributed by atoms with Gasteiger partial charge in [-0.05, 0) is 48.0 Å². The molecule has 194 valence electrons. The third kappa shape index (κ3) is 4.19. The number of ether oxygens (including phenoxy) is 6. The van der Waals surface area contributed by atoms with Gasteiger partial charge in [0.05, 0.1) is 46.1 Å². The van der Waals surface area contributed by atoms with Gasteiger partial charge in [0, 0.05) is 24.9 Å². The van der Waals surface area contributed by atoms with Gasteiger partial charge >= 0.3 is 5.97 Å². The predicted molar refractivity (Wildman–Crippen MR) is 127 cm³/mol. The lowest BCUT2D eigenvalue weighted by Crippen LogP contribution is -2.37. The highest BCUT2D eigenvalue weighted by molar-refractivity contribution is 5.79. The Labute approximate surface area is 209 Å². The number of carbonyl (C=O) groups excluding carboxylic acids is 1. The zero-order valence-electron chi connectivity index (χ0n) is 20.6. The minimum atomic E-state index is -0.517. The third-order valence-corrected chi connectivity index (χ3v) is 7.23. The maximum absolute atomic E-state index is 13.1. The van der Waals surface area contributed by atoms with Crippen molar-refractivity contribution < 1.29 is 43.4 Å². The molecule has 4 atom stereocenters. The number of esters is 1. The van der Waals surface area contributed by atoms with Crippen LogP contribution in [0.15, 0.2) is 24.3 Å². The average Bonchev–Trinajstić information content (AvgIpc) is 3.49. The van der Waals surface area contributed by atoms with E-state index >= 15 is 0 Å². The first kappa shape index (κ1) is 24.5. The number of hydrogen-bond acceptors (Lipinski definition) is 10. The number of aromatic hydroxyl groups is 1. The Morgan fingerprint density at radius 3 is 2.31 bits per heavy atom. The minimum absolute atomic E-state index is 0.0700. The Kier molecular flexibility index (Phi) is 6.83. The molecule has 2 heterocycles. The fourth-order valence-electron chi connectivity index (χ4n) is 5.44. The molecule has 2 aromatic carbocycles. The van der Waals surface area contributed by atoms with Crippen LogP contribution in [-0.2, 0) is 14.3 Å². The largest absolute Gasteiger partial charge is 0.502 e. The monoisotopic (exact) mass is 501 g/mol. The predicted octanol–water partition coefficient (Wildman–Crippen LogP) is 2.05. The molecule has 0 saturated carbocycles. The molecule has 2 aromatic rings. The summed E-state index contributed by atoms with van der Waals surface area (Å²) in [5.41, 5.74) is 2.51. The molecule has 0 unspecified atom stereocenters. The van der Waals surface area contributed by atoms with E-state index in [2.05, 4.69) is 0 Å². The number of aliphatic hydroxyl groups is 1. The zero-order chi connectivity index (χ0) is 25.4. The number of cyclic esters (lactones) is 1. The van der Waals surface area contributed by atoms with Crippen LogP contribution < -0.4 is 18.9 Å². The van der Waals surface area contributed by atoms with Gasteiger partial charge in [0.15, 0.2) is 23.0 Å². The molecule has 10 nitrogen and oxygen atoms in total. The summed E-state index contributed by atoms with van der Waals surface area (Å²) in [6.45, 7) is 2.01. The van der Waals surface area contributed by atoms with Crippen LogP contribution in [0.4, 0.5) is 0 Å². The van der Waals surface area contributed by atoms with Crippen molar-refractivity contribution in [3.63, 3.8) is 0 Å². The van der Waals surface area contributed by atoms with Crippen LogP contribution in [0.2, 0.25) is 0 Å². The molecule has 36 heavy (non-hydrogen) atoms. The summed E-state index contributed by atoms with van der Waals surface area (Å²) >= 11 is 0. The second-order valence-corrected chi connectivity index (χ2v) is 9.22. The summed E-state index contributed by atoms with van der Waals surface area (Å²) in [5, 5.41) is 19.7. The van der Waals surface area contributed by atoms with Gasteiger partial charge in [-0.1, -0.05) is 0 Å². The van der Waals surface area contributed by atoms with Gasteiger partial charge in [0.25, 0.3) is 0 Å². The lowest BCUT2D eigenvalue weighted by molar-refractivity contribution is -0.141. The van der Waals surface area contributed by atoms with Crippen LogP contribution in [0.3, 0.4) is 0 Å². The number of phenolic OH excluding ortho intramolecular Hbond substituents is 1. The van der Waals surface area contributed by atoms with Crippen LogP contribution in [-0.4, -0.2) is 82.1 Å². The van der Waals surface area contributed by atoms with Crippen molar-refractivity contribution in [3.05, 3.63) is 41.0 Å². The van der Waals surface area contributed by atoms with Crippen molar-refractivity contribution >= 4 is 5.97 Å². The van der Waals surface area contributed by atoms with Crippen LogP contribution >= 0.6 is 0 Å². The summed E-state index contributed by atoms with van der Waals surface area (Å²) in [6.07, 6.45) is -0.398. The summed E-state index contributed by atoms with van der Waals surface area (Å²) in [5.74, 6) is 0.163. The number of carbonyl (C=O) groups is 1. The number of nitrogens with zero attached hydrogens (tertiary/aromatic N) is 1. The number of phenols is 1. The van der Waals surface area contributed by atoms with Crippen molar-refractivity contribution in [2.24, 2.45) is 11.8 Å². The molecule has 0 radical (unpaired) electrons. The molecule has 0 aromatic heterocycles. The lowest BCUT2D eigenvalue weighted by Gasteiger charge is -2.39. The number of fused-ring (bicyclic) bond motifs is 3. The van der Waals surface area contributed by atoms with Crippen molar-refractivity contribution in [2.45, 2.75) is 12.0 Å². The van der Waals surface area contributed by atoms with Crippen LogP contribution in [0.25, 0.3) is 0 Å². The molecule has 1 fully saturated rings. The summed E-state index contributed by atoms with van der Waals surface area (Å²) in [7, 11) is 4.85. The Morgan fingerprint density at radius 1 is 1.00 bits per heavy atom. The highest BCUT2D eigenvalue weighted by atomic mass is 16.7. The minimum Gasteiger partial charge on any atom is -0.502 e. The van der Waals surface area contributed by atoms with Crippen molar-refractivity contribution in [1.29, 1.82) is 0 Å². The smallest absolute Gasteiger partial charge is 0.310 e. The van der Waals surface area contributed by atoms with E-state index < -0.39 is 17.9 Å². The standard InChI is InChI=1S/C26H31NO9/c1-27(4-6-28)5-7-33-25-16-11-19-18(35-13-36-19)10-15(16)22(23-17(25)12-34-26(23)30)14-8-20(31-2)24(29)21(9-14)32-3/h8-11,17,22-23,25,28-29H,4-7,12-13H2,1-3H3/t17-,22+,23-,25+/m0/s1. The molecule has 0 spiro atoms. The second-order valence-electron chi connectivity index (χ2n) is 9.22. The van der Waals surface area contributed by atoms with E-state index in [-0.39, 0.29) is 49.1 Å². The molecule has 5 rings (SSSR count). The fourth-order valence-corrected chi connectivity index (χ4v) is 5.44. The molecule has 10 heteroatoms. The quantitative estimate of drug-likeness (QED) is 0.495. The SMILES string of the molecule is COc1cc([C@@H]2c3cc4c(cc3[C@@H](OCCN(C)CCO)[C@H]3COC(=O)[C@H]23)OCO4)cc(OC)c1O. The zero-order valence-corrected chi connectivity index (χ0v) is 20.6. The summed E-state index contributed by atoms with van der Waals surface area (Å²) in [4.78, 5) is 15.1. The Bertz CT molecular complexity index is 1110. The van der Waals surface area contributed by atoms with E-state index in [4.69, 9.17) is 28.4 Å². The number of rotatable bonds is 9. The molecule has 2 N–H and O–H groups in total. The first-order valence-electron chi connectivity index (χ1n) is 11.9. The van der Waals surface area contributed by atoms with E-state index in [9.17, 15) is 15.0 Å². The molecule has 1 saturated heterocycles. The number of likely N-dealkylation sites (N-methyl/N-ethyl adjacent to an activating group) is 1. The molecule has 3 aliphatic rings. The normalized spacial score (nSPS) is 23.9. The topological polar surface area (TPSA) is 116 Å². The van der Waals surface area contributed by atoms with Gasteiger partial charge in [-0.25, -0.2) is 0 Å². The van der Waals surface area contributed by atoms with Crippen molar-refractivity contribution in [2.75, 3.05) is 61.0 Å². The lowest BCUT2D eigenvalue weighted by atomic mass is 9.66. The second kappa shape index (κ2) is 10.0. The first-order chi connectivity index (χ1) is 17.5. The summed E-state index contributed by atoms with van der Waals surface area (Å²) < 4.78 is 34.1. The Hall–Kier alpha value is -3.21. The van der Waals surface area contributed by atoms with Gasteiger partial charge < -0.3 is 43.5 Å². The maximum Gasteiger partial charge on any atom is 0.310 e. The highest BCUT2D eigenvalue weighted by Gasteiger charge is 2.53. The Morgan fingerprint density at radius 2 is 1.67 bits per heavy atom. The van der Waals surface area contributed by atoms with Crippen LogP contribution in [0.5, 0.6) is 28.7 Å². The highest BCUT2D eigenvalue weighted by Crippen LogP contribution is 2.56. The van der Waals surface area contributed by atoms with Gasteiger partial charge in [0.2, 0.25) is 12.5 Å². The van der Waals surface area contributed by atoms with Gasteiger partial charge in [-0.3, -0.25) is 4.79 Å². The van der Waals surface area contributed by atoms with E-state index in [1.165, 1.54) is 14.2 Å². The van der Waals surface area contributed by atoms with Crippen molar-refractivity contribution in [1.82, 2.24) is 4.90 Å². The Balaban J connectivity index is 1.60. The number of benzene rings is 2. The fraction of sp³-hybridized carbons (Fsp3) is 0.500. The molecule has 1 aliphatic carbocycles. The van der Waals surface area contributed by atoms with Crippen LogP contribution in [0, 0.1) is 11.8 Å². The number of methoxy groups -OCH3 is 2. The molecule has 0 amide bonds. The first-order valence-corrected chi connectivity index (χ1v) is 11.9. The summed E-state index contributed by atoms with van der Waals surface area (Å²) in [6, 6.07) is 7.29.